The van der Waals surface area contributed by atoms with Crippen molar-refractivity contribution in [1.82, 2.24) is 4.90 Å². The fourth-order valence-corrected chi connectivity index (χ4v) is 1.44. The van der Waals surface area contributed by atoms with E-state index in [2.05, 4.69) is 0 Å². The molecule has 3 nitrogen and oxygen atoms in total. The minimum Gasteiger partial charge on any atom is -0.344 e. The smallest absolute Gasteiger partial charge is 0.250 e. The first-order valence-electron chi connectivity index (χ1n) is 2.87. The lowest BCUT2D eigenvalue weighted by Crippen LogP contribution is -2.39. The van der Waals surface area contributed by atoms with Gasteiger partial charge in [-0.15, -0.1) is 0 Å². The minimum atomic E-state index is -1.57. The molecule has 0 N–H and O–H groups in total. The average molecular weight is 218 g/mol. The van der Waals surface area contributed by atoms with Crippen molar-refractivity contribution >= 4 is 40.7 Å². The van der Waals surface area contributed by atoms with Crippen LogP contribution in [-0.2, 0) is 9.53 Å². The lowest BCUT2D eigenvalue weighted by molar-refractivity contribution is -0.126. The summed E-state index contributed by atoms with van der Waals surface area (Å²) in [5.74, 6) is -0.179. The molecule has 0 aromatic carbocycles. The second-order valence-electron chi connectivity index (χ2n) is 2.21. The summed E-state index contributed by atoms with van der Waals surface area (Å²) in [4.78, 5) is 12.1. The zero-order chi connectivity index (χ0) is 8.65. The van der Waals surface area contributed by atoms with Crippen molar-refractivity contribution in [3.63, 3.8) is 0 Å². The Hall–Kier alpha value is 0.300. The Kier molecular flexibility index (Phi) is 2.54. The molecule has 1 amide bonds. The molecule has 0 bridgehead atoms. The van der Waals surface area contributed by atoms with Gasteiger partial charge in [-0.05, 0) is 0 Å². The van der Waals surface area contributed by atoms with Crippen molar-refractivity contribution in [2.45, 2.75) is 10.0 Å². The van der Waals surface area contributed by atoms with E-state index in [1.54, 1.807) is 0 Å². The summed E-state index contributed by atoms with van der Waals surface area (Å²) >= 11 is 16.5. The van der Waals surface area contributed by atoms with E-state index in [0.717, 1.165) is 0 Å². The van der Waals surface area contributed by atoms with Crippen LogP contribution in [0.4, 0.5) is 0 Å². The van der Waals surface area contributed by atoms with Crippen LogP contribution < -0.4 is 0 Å². The highest BCUT2D eigenvalue weighted by Crippen LogP contribution is 2.35. The Balaban J connectivity index is 2.70. The Labute approximate surface area is 79.1 Å². The van der Waals surface area contributed by atoms with Gasteiger partial charge in [-0.1, -0.05) is 34.8 Å². The number of likely N-dealkylation sites (N-methyl/N-ethyl adjacent to an activating group) is 1. The molecule has 64 valence electrons. The predicted molar refractivity (Wildman–Crippen MR) is 42.8 cm³/mol. The van der Waals surface area contributed by atoms with Gasteiger partial charge in [0.15, 0.2) is 6.23 Å². The van der Waals surface area contributed by atoms with Gasteiger partial charge in [0.25, 0.3) is 5.91 Å². The average Bonchev–Trinajstić information content (AvgIpc) is 2.11. The van der Waals surface area contributed by atoms with E-state index in [9.17, 15) is 4.79 Å². The van der Waals surface area contributed by atoms with Gasteiger partial charge < -0.3 is 9.64 Å². The van der Waals surface area contributed by atoms with Crippen molar-refractivity contribution in [3.8, 4) is 0 Å². The molecule has 0 aliphatic carbocycles. The predicted octanol–water partition coefficient (Wildman–Crippen LogP) is 1.17. The number of hydrogen-bond donors (Lipinski definition) is 0. The molecule has 6 heteroatoms. The van der Waals surface area contributed by atoms with Crippen LogP contribution in [0.25, 0.3) is 0 Å². The Bertz CT molecular complexity index is 179. The van der Waals surface area contributed by atoms with Gasteiger partial charge in [0, 0.05) is 7.05 Å². The van der Waals surface area contributed by atoms with Crippen LogP contribution in [0.15, 0.2) is 0 Å². The highest BCUT2D eigenvalue weighted by atomic mass is 35.6. The number of alkyl halides is 3. The first-order valence-corrected chi connectivity index (χ1v) is 4.00. The maximum absolute atomic E-state index is 10.9. The van der Waals surface area contributed by atoms with Gasteiger partial charge in [-0.2, -0.15) is 0 Å². The van der Waals surface area contributed by atoms with Gasteiger partial charge in [-0.3, -0.25) is 4.79 Å². The van der Waals surface area contributed by atoms with E-state index in [4.69, 9.17) is 39.5 Å². The number of halogens is 3. The monoisotopic (exact) mass is 217 g/mol. The lowest BCUT2D eigenvalue weighted by Gasteiger charge is -2.24. The summed E-state index contributed by atoms with van der Waals surface area (Å²) in [6.45, 7) is -0.0188. The molecule has 1 saturated heterocycles. The maximum atomic E-state index is 10.9. The second kappa shape index (κ2) is 2.98. The molecule has 1 rings (SSSR count). The number of ether oxygens (including phenoxy) is 1. The molecule has 1 heterocycles. The maximum Gasteiger partial charge on any atom is 0.250 e. The number of hydrogen-bond acceptors (Lipinski definition) is 2. The molecule has 0 radical (unpaired) electrons. The molecule has 0 aromatic heterocycles. The first-order chi connectivity index (χ1) is 4.93. The summed E-state index contributed by atoms with van der Waals surface area (Å²) in [5.41, 5.74) is 0. The normalized spacial score (nSPS) is 26.4. The van der Waals surface area contributed by atoms with Crippen LogP contribution in [0.2, 0.25) is 0 Å². The van der Waals surface area contributed by atoms with Crippen molar-refractivity contribution in [2.24, 2.45) is 0 Å². The SMILES string of the molecule is CN1C(=O)CO[C@@H]1C(Cl)(Cl)Cl. The molecule has 11 heavy (non-hydrogen) atoms. The first kappa shape index (κ1) is 9.39. The largest absolute Gasteiger partial charge is 0.344 e. The van der Waals surface area contributed by atoms with E-state index in [0.29, 0.717) is 0 Å². The third kappa shape index (κ3) is 1.90. The number of carbonyl (C=O) groups excluding carboxylic acids is 1. The number of carbonyl (C=O) groups is 1. The molecule has 1 fully saturated rings. The summed E-state index contributed by atoms with van der Waals surface area (Å²) in [6.07, 6.45) is -0.764. The highest BCUT2D eigenvalue weighted by Gasteiger charge is 2.43. The van der Waals surface area contributed by atoms with Crippen molar-refractivity contribution in [3.05, 3.63) is 0 Å². The van der Waals surface area contributed by atoms with Gasteiger partial charge in [0.2, 0.25) is 3.79 Å². The molecule has 1 aliphatic rings. The third-order valence-electron chi connectivity index (χ3n) is 1.39. The molecule has 0 saturated carbocycles. The summed E-state index contributed by atoms with van der Waals surface area (Å²) in [7, 11) is 1.53. The summed E-state index contributed by atoms with van der Waals surface area (Å²) < 4.78 is 3.35. The molecule has 0 unspecified atom stereocenters. The number of amides is 1. The van der Waals surface area contributed by atoms with Gasteiger partial charge in [0.1, 0.15) is 6.61 Å². The van der Waals surface area contributed by atoms with E-state index in [1.807, 2.05) is 0 Å². The van der Waals surface area contributed by atoms with Crippen LogP contribution in [0.3, 0.4) is 0 Å². The van der Waals surface area contributed by atoms with Crippen LogP contribution in [-0.4, -0.2) is 34.5 Å². The molecular formula is C5H6Cl3NO2. The molecule has 0 aromatic rings. The highest BCUT2D eigenvalue weighted by molar-refractivity contribution is 6.68. The van der Waals surface area contributed by atoms with E-state index >= 15 is 0 Å². The third-order valence-corrected chi connectivity index (χ3v) is 1.95. The molecular weight excluding hydrogens is 212 g/mol. The summed E-state index contributed by atoms with van der Waals surface area (Å²) in [5, 5.41) is 0. The molecule has 1 atom stereocenters. The van der Waals surface area contributed by atoms with E-state index in [-0.39, 0.29) is 12.5 Å². The minimum absolute atomic E-state index is 0.0188. The van der Waals surface area contributed by atoms with E-state index in [1.165, 1.54) is 11.9 Å². The van der Waals surface area contributed by atoms with E-state index < -0.39 is 10.0 Å². The quantitative estimate of drug-likeness (QED) is 0.571. The fourth-order valence-electron chi connectivity index (χ4n) is 0.809. The van der Waals surface area contributed by atoms with Crippen LogP contribution in [0.5, 0.6) is 0 Å². The fraction of sp³-hybridized carbons (Fsp3) is 0.800. The molecule has 1 aliphatic heterocycles. The molecule has 0 spiro atoms. The Morgan fingerprint density at radius 1 is 1.64 bits per heavy atom. The van der Waals surface area contributed by atoms with Crippen LogP contribution in [0, 0.1) is 0 Å². The van der Waals surface area contributed by atoms with Crippen LogP contribution >= 0.6 is 34.8 Å². The van der Waals surface area contributed by atoms with Gasteiger partial charge in [-0.25, -0.2) is 0 Å². The number of nitrogens with zero attached hydrogens (tertiary/aromatic N) is 1. The number of rotatable bonds is 0. The Morgan fingerprint density at radius 3 is 2.36 bits per heavy atom. The van der Waals surface area contributed by atoms with Crippen molar-refractivity contribution in [1.29, 1.82) is 0 Å². The second-order valence-corrected chi connectivity index (χ2v) is 4.58. The lowest BCUT2D eigenvalue weighted by atomic mass is 10.5. The standard InChI is InChI=1S/C5H6Cl3NO2/c1-9-3(10)2-11-4(9)5(6,7)8/h4H,2H2,1H3/t4-/m1/s1. The van der Waals surface area contributed by atoms with Gasteiger partial charge in [0.05, 0.1) is 0 Å². The zero-order valence-electron chi connectivity index (χ0n) is 5.68. The summed E-state index contributed by atoms with van der Waals surface area (Å²) in [6, 6.07) is 0. The Morgan fingerprint density at radius 2 is 2.18 bits per heavy atom. The zero-order valence-corrected chi connectivity index (χ0v) is 7.95. The van der Waals surface area contributed by atoms with Gasteiger partial charge >= 0.3 is 0 Å². The van der Waals surface area contributed by atoms with Crippen molar-refractivity contribution < 1.29 is 9.53 Å². The topological polar surface area (TPSA) is 29.5 Å². The van der Waals surface area contributed by atoms with Crippen LogP contribution in [0.1, 0.15) is 0 Å². The van der Waals surface area contributed by atoms with Crippen molar-refractivity contribution in [2.75, 3.05) is 13.7 Å².